The van der Waals surface area contributed by atoms with Crippen LogP contribution in [-0.2, 0) is 6.42 Å². The first-order valence-corrected chi connectivity index (χ1v) is 6.57. The van der Waals surface area contributed by atoms with Gasteiger partial charge in [0.2, 0.25) is 0 Å². The molecule has 0 aliphatic rings. The standard InChI is InChI=1S/C16H23N/c1-3-5-7-12-16(17-4-2)14-13-15-10-8-6-9-11-15/h1,6,8-11,16-17H,4-5,7,12-14H2,2H3. The van der Waals surface area contributed by atoms with E-state index >= 15 is 0 Å². The van der Waals surface area contributed by atoms with Gasteiger partial charge in [-0.2, -0.15) is 0 Å². The van der Waals surface area contributed by atoms with Crippen molar-refractivity contribution in [2.45, 2.75) is 45.1 Å². The fourth-order valence-corrected chi connectivity index (χ4v) is 2.07. The van der Waals surface area contributed by atoms with Crippen molar-refractivity contribution in [3.05, 3.63) is 35.9 Å². The summed E-state index contributed by atoms with van der Waals surface area (Å²) >= 11 is 0. The van der Waals surface area contributed by atoms with Crippen molar-refractivity contribution in [2.75, 3.05) is 6.54 Å². The van der Waals surface area contributed by atoms with Crippen LogP contribution in [0.4, 0.5) is 0 Å². The van der Waals surface area contributed by atoms with E-state index in [1.807, 2.05) is 0 Å². The Balaban J connectivity index is 2.31. The predicted molar refractivity (Wildman–Crippen MR) is 74.9 cm³/mol. The maximum Gasteiger partial charge on any atom is 0.00866 e. The molecule has 0 radical (unpaired) electrons. The summed E-state index contributed by atoms with van der Waals surface area (Å²) in [6, 6.07) is 11.3. The van der Waals surface area contributed by atoms with Crippen molar-refractivity contribution in [1.29, 1.82) is 0 Å². The lowest BCUT2D eigenvalue weighted by Crippen LogP contribution is -2.29. The molecule has 0 amide bonds. The van der Waals surface area contributed by atoms with E-state index in [1.165, 1.54) is 18.4 Å². The molecular formula is C16H23N. The van der Waals surface area contributed by atoms with Crippen LogP contribution in [0.2, 0.25) is 0 Å². The van der Waals surface area contributed by atoms with Gasteiger partial charge in [-0.1, -0.05) is 37.3 Å². The molecule has 1 aromatic carbocycles. The van der Waals surface area contributed by atoms with Gasteiger partial charge in [0.25, 0.3) is 0 Å². The Kier molecular flexibility index (Phi) is 7.18. The third-order valence-corrected chi connectivity index (χ3v) is 2.99. The topological polar surface area (TPSA) is 12.0 Å². The molecule has 1 N–H and O–H groups in total. The zero-order valence-electron chi connectivity index (χ0n) is 10.8. The van der Waals surface area contributed by atoms with E-state index in [-0.39, 0.29) is 0 Å². The Morgan fingerprint density at radius 1 is 1.24 bits per heavy atom. The minimum atomic E-state index is 0.605. The lowest BCUT2D eigenvalue weighted by Gasteiger charge is -2.17. The van der Waals surface area contributed by atoms with Crippen LogP contribution in [-0.4, -0.2) is 12.6 Å². The zero-order valence-corrected chi connectivity index (χ0v) is 10.8. The number of aryl methyl sites for hydroxylation is 1. The van der Waals surface area contributed by atoms with Crippen molar-refractivity contribution in [2.24, 2.45) is 0 Å². The molecule has 0 fully saturated rings. The summed E-state index contributed by atoms with van der Waals surface area (Å²) < 4.78 is 0. The van der Waals surface area contributed by atoms with Crippen LogP contribution in [0.1, 0.15) is 38.2 Å². The second kappa shape index (κ2) is 8.84. The second-order valence-electron chi connectivity index (χ2n) is 4.38. The molecular weight excluding hydrogens is 206 g/mol. The summed E-state index contributed by atoms with van der Waals surface area (Å²) in [4.78, 5) is 0. The van der Waals surface area contributed by atoms with Gasteiger partial charge in [0, 0.05) is 12.5 Å². The third kappa shape index (κ3) is 6.14. The smallest absolute Gasteiger partial charge is 0.00866 e. The van der Waals surface area contributed by atoms with Gasteiger partial charge in [-0.05, 0) is 37.8 Å². The minimum Gasteiger partial charge on any atom is -0.314 e. The van der Waals surface area contributed by atoms with Gasteiger partial charge in [0.05, 0.1) is 0 Å². The molecule has 0 aliphatic carbocycles. The van der Waals surface area contributed by atoms with Gasteiger partial charge < -0.3 is 5.32 Å². The van der Waals surface area contributed by atoms with Crippen LogP contribution in [0.25, 0.3) is 0 Å². The summed E-state index contributed by atoms with van der Waals surface area (Å²) in [5, 5.41) is 3.54. The molecule has 0 heterocycles. The number of hydrogen-bond donors (Lipinski definition) is 1. The monoisotopic (exact) mass is 229 g/mol. The Labute approximate surface area is 106 Å². The van der Waals surface area contributed by atoms with Crippen LogP contribution >= 0.6 is 0 Å². The average molecular weight is 229 g/mol. The number of benzene rings is 1. The first-order valence-electron chi connectivity index (χ1n) is 6.57. The van der Waals surface area contributed by atoms with Crippen LogP contribution in [0.5, 0.6) is 0 Å². The molecule has 0 aliphatic heterocycles. The Morgan fingerprint density at radius 3 is 2.65 bits per heavy atom. The first-order chi connectivity index (χ1) is 8.36. The highest BCUT2D eigenvalue weighted by atomic mass is 14.9. The van der Waals surface area contributed by atoms with Crippen molar-refractivity contribution < 1.29 is 0 Å². The number of unbranched alkanes of at least 4 members (excludes halogenated alkanes) is 1. The number of rotatable bonds is 8. The molecule has 17 heavy (non-hydrogen) atoms. The fraction of sp³-hybridized carbons (Fsp3) is 0.500. The van der Waals surface area contributed by atoms with Crippen molar-refractivity contribution in [3.63, 3.8) is 0 Å². The Hall–Kier alpha value is -1.26. The van der Waals surface area contributed by atoms with Crippen LogP contribution in [0.3, 0.4) is 0 Å². The van der Waals surface area contributed by atoms with Crippen LogP contribution in [0, 0.1) is 12.3 Å². The fourth-order valence-electron chi connectivity index (χ4n) is 2.07. The van der Waals surface area contributed by atoms with E-state index < -0.39 is 0 Å². The lowest BCUT2D eigenvalue weighted by atomic mass is 10.0. The molecule has 92 valence electrons. The SMILES string of the molecule is C#CCCCC(CCc1ccccc1)NCC. The van der Waals surface area contributed by atoms with Gasteiger partial charge >= 0.3 is 0 Å². The summed E-state index contributed by atoms with van der Waals surface area (Å²) in [5.41, 5.74) is 1.42. The Bertz CT molecular complexity index is 323. The van der Waals surface area contributed by atoms with Crippen LogP contribution in [0.15, 0.2) is 30.3 Å². The average Bonchev–Trinajstić information content (AvgIpc) is 2.37. The van der Waals surface area contributed by atoms with E-state index in [9.17, 15) is 0 Å². The van der Waals surface area contributed by atoms with E-state index in [1.54, 1.807) is 0 Å². The van der Waals surface area contributed by atoms with E-state index in [0.29, 0.717) is 6.04 Å². The summed E-state index contributed by atoms with van der Waals surface area (Å²) in [5.74, 6) is 2.71. The molecule has 1 nitrogen and oxygen atoms in total. The van der Waals surface area contributed by atoms with Gasteiger partial charge in [0.1, 0.15) is 0 Å². The second-order valence-corrected chi connectivity index (χ2v) is 4.38. The number of terminal acetylenes is 1. The van der Waals surface area contributed by atoms with Gasteiger partial charge in [0.15, 0.2) is 0 Å². The highest BCUT2D eigenvalue weighted by Gasteiger charge is 2.06. The maximum absolute atomic E-state index is 5.28. The molecule has 1 unspecified atom stereocenters. The molecule has 1 rings (SSSR count). The van der Waals surface area contributed by atoms with E-state index in [0.717, 1.165) is 25.8 Å². The van der Waals surface area contributed by atoms with E-state index in [2.05, 4.69) is 48.5 Å². The summed E-state index contributed by atoms with van der Waals surface area (Å²) in [7, 11) is 0. The molecule has 0 saturated heterocycles. The third-order valence-electron chi connectivity index (χ3n) is 2.99. The summed E-state index contributed by atoms with van der Waals surface area (Å²) in [6.45, 7) is 3.20. The number of nitrogens with one attached hydrogen (secondary N) is 1. The van der Waals surface area contributed by atoms with Gasteiger partial charge in [-0.15, -0.1) is 12.3 Å². The summed E-state index contributed by atoms with van der Waals surface area (Å²) in [6.07, 6.45) is 10.8. The molecule has 1 aromatic rings. The minimum absolute atomic E-state index is 0.605. The molecule has 0 bridgehead atoms. The zero-order chi connectivity index (χ0) is 12.3. The largest absolute Gasteiger partial charge is 0.314 e. The maximum atomic E-state index is 5.28. The molecule has 1 atom stereocenters. The Morgan fingerprint density at radius 2 is 2.00 bits per heavy atom. The molecule has 0 spiro atoms. The van der Waals surface area contributed by atoms with Gasteiger partial charge in [-0.25, -0.2) is 0 Å². The first kappa shape index (κ1) is 13.8. The normalized spacial score (nSPS) is 12.0. The lowest BCUT2D eigenvalue weighted by molar-refractivity contribution is 0.454. The predicted octanol–water partition coefficient (Wildman–Crippen LogP) is 3.40. The molecule has 1 heteroatoms. The molecule has 0 aromatic heterocycles. The van der Waals surface area contributed by atoms with Crippen molar-refractivity contribution in [1.82, 2.24) is 5.32 Å². The van der Waals surface area contributed by atoms with Crippen molar-refractivity contribution in [3.8, 4) is 12.3 Å². The van der Waals surface area contributed by atoms with Crippen LogP contribution < -0.4 is 5.32 Å². The highest BCUT2D eigenvalue weighted by molar-refractivity contribution is 5.14. The number of hydrogen-bond acceptors (Lipinski definition) is 1. The quantitative estimate of drug-likeness (QED) is 0.532. The van der Waals surface area contributed by atoms with E-state index in [4.69, 9.17) is 6.42 Å². The van der Waals surface area contributed by atoms with Crippen molar-refractivity contribution >= 4 is 0 Å². The molecule has 0 saturated carbocycles. The van der Waals surface area contributed by atoms with Gasteiger partial charge in [-0.3, -0.25) is 0 Å². The highest BCUT2D eigenvalue weighted by Crippen LogP contribution is 2.09.